The Hall–Kier alpha value is -1.67. The Bertz CT molecular complexity index is 1090. The van der Waals surface area contributed by atoms with E-state index >= 15 is 0 Å². The molecule has 0 atom stereocenters. The van der Waals surface area contributed by atoms with Gasteiger partial charge in [0.05, 0.1) is 4.90 Å². The first kappa shape index (κ1) is 21.0. The van der Waals surface area contributed by atoms with Crippen LogP contribution in [0.15, 0.2) is 45.6 Å². The normalized spacial score (nSPS) is 15.3. The molecule has 0 aliphatic carbocycles. The maximum atomic E-state index is 13.2. The number of benzene rings is 1. The highest BCUT2D eigenvalue weighted by atomic mass is 35.5. The molecule has 8 heteroatoms. The van der Waals surface area contributed by atoms with Crippen LogP contribution in [0.1, 0.15) is 17.5 Å². The maximum absolute atomic E-state index is 13.2. The SMILES string of the molecule is Cc1ccc(S(=O)(=O)c2cc3c(N4CCCNCC4)nccc3s2)cc1C.Cl. The van der Waals surface area contributed by atoms with Crippen molar-refractivity contribution in [3.8, 4) is 0 Å². The number of thiophene rings is 1. The third kappa shape index (κ3) is 3.89. The maximum Gasteiger partial charge on any atom is 0.216 e. The molecule has 5 nitrogen and oxygen atoms in total. The number of sulfone groups is 1. The zero-order chi connectivity index (χ0) is 19.0. The molecular weight excluding hydrogens is 414 g/mol. The number of aryl methyl sites for hydroxylation is 2. The van der Waals surface area contributed by atoms with E-state index in [0.29, 0.717) is 9.10 Å². The quantitative estimate of drug-likeness (QED) is 0.671. The van der Waals surface area contributed by atoms with Crippen molar-refractivity contribution in [1.82, 2.24) is 10.3 Å². The number of nitrogens with one attached hydrogen (secondary N) is 1. The van der Waals surface area contributed by atoms with E-state index in [0.717, 1.165) is 59.6 Å². The molecule has 0 amide bonds. The molecule has 3 heterocycles. The first-order chi connectivity index (χ1) is 13.0. The molecule has 1 aliphatic heterocycles. The second kappa shape index (κ2) is 8.37. The molecule has 0 unspecified atom stereocenters. The van der Waals surface area contributed by atoms with Gasteiger partial charge >= 0.3 is 0 Å². The molecule has 0 saturated carbocycles. The average molecular weight is 438 g/mol. The third-order valence-corrected chi connectivity index (χ3v) is 8.42. The first-order valence-corrected chi connectivity index (χ1v) is 11.4. The van der Waals surface area contributed by atoms with Crippen LogP contribution >= 0.6 is 23.7 Å². The van der Waals surface area contributed by atoms with Crippen LogP contribution in [0.4, 0.5) is 5.82 Å². The smallest absolute Gasteiger partial charge is 0.216 e. The Morgan fingerprint density at radius 1 is 1.07 bits per heavy atom. The molecule has 0 radical (unpaired) electrons. The third-order valence-electron chi connectivity index (χ3n) is 5.09. The van der Waals surface area contributed by atoms with E-state index in [1.165, 1.54) is 11.3 Å². The van der Waals surface area contributed by atoms with Gasteiger partial charge in [-0.15, -0.1) is 23.7 Å². The summed E-state index contributed by atoms with van der Waals surface area (Å²) in [5, 5.41) is 4.32. The van der Waals surface area contributed by atoms with Crippen LogP contribution in [0, 0.1) is 13.8 Å². The average Bonchev–Trinajstić information content (AvgIpc) is 2.92. The van der Waals surface area contributed by atoms with Crippen molar-refractivity contribution < 1.29 is 8.42 Å². The van der Waals surface area contributed by atoms with Crippen LogP contribution in [0.25, 0.3) is 10.1 Å². The number of nitrogens with zero attached hydrogens (tertiary/aromatic N) is 2. The van der Waals surface area contributed by atoms with E-state index in [-0.39, 0.29) is 12.4 Å². The Labute approximate surface area is 176 Å². The summed E-state index contributed by atoms with van der Waals surface area (Å²) in [7, 11) is -3.53. The Balaban J connectivity index is 0.00000225. The zero-order valence-corrected chi connectivity index (χ0v) is 18.4. The minimum atomic E-state index is -3.53. The van der Waals surface area contributed by atoms with Crippen LogP contribution in [-0.4, -0.2) is 39.6 Å². The molecule has 1 aliphatic rings. The minimum Gasteiger partial charge on any atom is -0.355 e. The molecule has 1 saturated heterocycles. The van der Waals surface area contributed by atoms with Gasteiger partial charge in [-0.25, -0.2) is 13.4 Å². The van der Waals surface area contributed by atoms with Crippen LogP contribution in [0.5, 0.6) is 0 Å². The lowest BCUT2D eigenvalue weighted by atomic mass is 10.1. The number of halogens is 1. The second-order valence-electron chi connectivity index (χ2n) is 6.95. The van der Waals surface area contributed by atoms with E-state index < -0.39 is 9.84 Å². The highest BCUT2D eigenvalue weighted by Gasteiger charge is 2.23. The molecule has 1 fully saturated rings. The summed E-state index contributed by atoms with van der Waals surface area (Å²) in [5.41, 5.74) is 2.07. The van der Waals surface area contributed by atoms with Gasteiger partial charge in [-0.3, -0.25) is 0 Å². The molecular formula is C20H24ClN3O2S2. The molecule has 2 aromatic heterocycles. The standard InChI is InChI=1S/C20H23N3O2S2.ClH/c1-14-4-5-16(12-15(14)2)27(24,25)19-13-17-18(26-19)6-8-22-20(17)23-10-3-7-21-9-11-23;/h4-6,8,12-13,21H,3,7,9-11H2,1-2H3;1H. The van der Waals surface area contributed by atoms with Gasteiger partial charge in [-0.2, -0.15) is 0 Å². The van der Waals surface area contributed by atoms with Crippen molar-refractivity contribution in [1.29, 1.82) is 0 Å². The fraction of sp³-hybridized carbons (Fsp3) is 0.350. The molecule has 4 rings (SSSR count). The van der Waals surface area contributed by atoms with Crippen molar-refractivity contribution in [2.75, 3.05) is 31.1 Å². The highest BCUT2D eigenvalue weighted by Crippen LogP contribution is 2.37. The molecule has 0 spiro atoms. The Kier molecular flexibility index (Phi) is 6.29. The lowest BCUT2D eigenvalue weighted by molar-refractivity contribution is 0.598. The fourth-order valence-electron chi connectivity index (χ4n) is 3.36. The Morgan fingerprint density at radius 3 is 2.68 bits per heavy atom. The summed E-state index contributed by atoms with van der Waals surface area (Å²) in [6.07, 6.45) is 2.83. The minimum absolute atomic E-state index is 0. The van der Waals surface area contributed by atoms with Gasteiger partial charge in [-0.1, -0.05) is 6.07 Å². The topological polar surface area (TPSA) is 62.3 Å². The number of fused-ring (bicyclic) bond motifs is 1. The summed E-state index contributed by atoms with van der Waals surface area (Å²) in [4.78, 5) is 7.18. The number of hydrogen-bond acceptors (Lipinski definition) is 6. The number of rotatable bonds is 3. The molecule has 28 heavy (non-hydrogen) atoms. The van der Waals surface area contributed by atoms with Gasteiger partial charge in [0, 0.05) is 35.9 Å². The van der Waals surface area contributed by atoms with Gasteiger partial charge in [-0.05, 0) is 62.2 Å². The number of aromatic nitrogens is 1. The number of pyridine rings is 1. The van der Waals surface area contributed by atoms with Crippen molar-refractivity contribution in [2.24, 2.45) is 0 Å². The number of hydrogen-bond donors (Lipinski definition) is 1. The zero-order valence-electron chi connectivity index (χ0n) is 15.9. The first-order valence-electron chi connectivity index (χ1n) is 9.13. The molecule has 1 N–H and O–H groups in total. The van der Waals surface area contributed by atoms with Crippen LogP contribution in [0.3, 0.4) is 0 Å². The lowest BCUT2D eigenvalue weighted by Crippen LogP contribution is -2.28. The van der Waals surface area contributed by atoms with Crippen LogP contribution < -0.4 is 10.2 Å². The monoisotopic (exact) mass is 437 g/mol. The molecule has 0 bridgehead atoms. The van der Waals surface area contributed by atoms with Crippen molar-refractivity contribution in [3.05, 3.63) is 47.7 Å². The molecule has 1 aromatic carbocycles. The lowest BCUT2D eigenvalue weighted by Gasteiger charge is -2.21. The van der Waals surface area contributed by atoms with E-state index in [9.17, 15) is 8.42 Å². The fourth-order valence-corrected chi connectivity index (χ4v) is 6.23. The van der Waals surface area contributed by atoms with Crippen molar-refractivity contribution >= 4 is 49.5 Å². The summed E-state index contributed by atoms with van der Waals surface area (Å²) in [5.74, 6) is 0.883. The summed E-state index contributed by atoms with van der Waals surface area (Å²) in [6.45, 7) is 7.64. The van der Waals surface area contributed by atoms with Crippen LogP contribution in [0.2, 0.25) is 0 Å². The van der Waals surface area contributed by atoms with E-state index in [4.69, 9.17) is 0 Å². The van der Waals surface area contributed by atoms with Gasteiger partial charge in [0.2, 0.25) is 9.84 Å². The van der Waals surface area contributed by atoms with Crippen molar-refractivity contribution in [3.63, 3.8) is 0 Å². The summed E-state index contributed by atoms with van der Waals surface area (Å²) < 4.78 is 27.7. The van der Waals surface area contributed by atoms with Gasteiger partial charge in [0.25, 0.3) is 0 Å². The Morgan fingerprint density at radius 2 is 1.89 bits per heavy atom. The van der Waals surface area contributed by atoms with E-state index in [1.807, 2.05) is 26.0 Å². The largest absolute Gasteiger partial charge is 0.355 e. The summed E-state index contributed by atoms with van der Waals surface area (Å²) >= 11 is 1.32. The highest BCUT2D eigenvalue weighted by molar-refractivity contribution is 7.93. The van der Waals surface area contributed by atoms with Gasteiger partial charge in [0.1, 0.15) is 10.0 Å². The summed E-state index contributed by atoms with van der Waals surface area (Å²) in [6, 6.07) is 9.02. The van der Waals surface area contributed by atoms with E-state index in [1.54, 1.807) is 24.4 Å². The predicted octanol–water partition coefficient (Wildman–Crippen LogP) is 3.97. The second-order valence-corrected chi connectivity index (χ2v) is 10.2. The number of anilines is 1. The van der Waals surface area contributed by atoms with Crippen molar-refractivity contribution in [2.45, 2.75) is 29.4 Å². The molecule has 3 aromatic rings. The van der Waals surface area contributed by atoms with E-state index in [2.05, 4.69) is 15.2 Å². The van der Waals surface area contributed by atoms with Crippen LogP contribution in [-0.2, 0) is 9.84 Å². The predicted molar refractivity (Wildman–Crippen MR) is 118 cm³/mol. The molecule has 150 valence electrons. The van der Waals surface area contributed by atoms with Gasteiger partial charge in [0.15, 0.2) is 0 Å². The van der Waals surface area contributed by atoms with Gasteiger partial charge < -0.3 is 10.2 Å².